The fraction of sp³-hybridized carbons (Fsp3) is 0.241. The van der Waals surface area contributed by atoms with Gasteiger partial charge < -0.3 is 15.0 Å². The molecule has 0 radical (unpaired) electrons. The molecule has 2 aliphatic heterocycles. The Balaban J connectivity index is 1.52. The molecular formula is C29H29N3O3. The maximum absolute atomic E-state index is 13.7. The molecule has 2 amide bonds. The Morgan fingerprint density at radius 1 is 0.771 bits per heavy atom. The number of nitrogens with zero attached hydrogens (tertiary/aromatic N) is 2. The number of piperidine rings is 1. The van der Waals surface area contributed by atoms with Crippen molar-refractivity contribution < 1.29 is 14.3 Å². The molecule has 2 aliphatic rings. The molecule has 3 aromatic rings. The summed E-state index contributed by atoms with van der Waals surface area (Å²) in [6, 6.07) is 22.7. The number of rotatable bonds is 6. The predicted molar refractivity (Wildman–Crippen MR) is 140 cm³/mol. The highest BCUT2D eigenvalue weighted by Gasteiger charge is 2.41. The van der Waals surface area contributed by atoms with Crippen molar-refractivity contribution >= 4 is 34.4 Å². The second kappa shape index (κ2) is 9.66. The summed E-state index contributed by atoms with van der Waals surface area (Å²) in [5.41, 5.74) is 4.63. The van der Waals surface area contributed by atoms with Crippen molar-refractivity contribution in [1.29, 1.82) is 0 Å². The summed E-state index contributed by atoms with van der Waals surface area (Å²) in [5, 5.41) is 3.26. The van der Waals surface area contributed by atoms with E-state index in [9.17, 15) is 9.59 Å². The Morgan fingerprint density at radius 2 is 1.43 bits per heavy atom. The molecule has 0 aromatic heterocycles. The highest BCUT2D eigenvalue weighted by Crippen LogP contribution is 2.37. The van der Waals surface area contributed by atoms with E-state index in [0.29, 0.717) is 22.6 Å². The minimum absolute atomic E-state index is 0.241. The van der Waals surface area contributed by atoms with Gasteiger partial charge in [-0.3, -0.25) is 9.59 Å². The third-order valence-electron chi connectivity index (χ3n) is 6.61. The number of aryl methyl sites for hydroxylation is 1. The Hall–Kier alpha value is -4.06. The molecular weight excluding hydrogens is 438 g/mol. The van der Waals surface area contributed by atoms with Crippen LogP contribution in [0.4, 0.5) is 17.1 Å². The summed E-state index contributed by atoms with van der Waals surface area (Å²) >= 11 is 0. The van der Waals surface area contributed by atoms with Crippen molar-refractivity contribution in [2.45, 2.75) is 26.2 Å². The Morgan fingerprint density at radius 3 is 2.11 bits per heavy atom. The molecule has 6 nitrogen and oxygen atoms in total. The fourth-order valence-electron chi connectivity index (χ4n) is 4.73. The molecule has 6 heteroatoms. The molecule has 0 spiro atoms. The second-order valence-corrected chi connectivity index (χ2v) is 8.95. The molecule has 1 N–H and O–H groups in total. The van der Waals surface area contributed by atoms with Gasteiger partial charge in [0.25, 0.3) is 11.8 Å². The zero-order chi connectivity index (χ0) is 24.4. The van der Waals surface area contributed by atoms with Crippen LogP contribution in [0.5, 0.6) is 5.75 Å². The van der Waals surface area contributed by atoms with E-state index in [1.54, 1.807) is 31.4 Å². The van der Waals surface area contributed by atoms with E-state index in [1.807, 2.05) is 43.3 Å². The van der Waals surface area contributed by atoms with E-state index in [2.05, 4.69) is 22.3 Å². The van der Waals surface area contributed by atoms with Crippen molar-refractivity contribution in [2.75, 3.05) is 35.3 Å². The third-order valence-corrected chi connectivity index (χ3v) is 6.61. The zero-order valence-corrected chi connectivity index (χ0v) is 20.1. The van der Waals surface area contributed by atoms with Crippen LogP contribution in [0.2, 0.25) is 0 Å². The molecule has 0 aliphatic carbocycles. The van der Waals surface area contributed by atoms with E-state index in [4.69, 9.17) is 4.74 Å². The lowest BCUT2D eigenvalue weighted by atomic mass is 10.0. The summed E-state index contributed by atoms with van der Waals surface area (Å²) < 4.78 is 5.53. The number of amides is 2. The molecule has 2 heterocycles. The standard InChI is InChI=1S/C29H29N3O3/c1-20-10-14-23(15-11-20)32-28(33)26(24-8-4-5-9-25(24)35-2)27(29(32)34)30-21-12-16-22(17-13-21)31-18-6-3-7-19-31/h4-5,8-17,30H,3,6-7,18-19H2,1-2H3. The van der Waals surface area contributed by atoms with Crippen LogP contribution in [0.1, 0.15) is 30.4 Å². The van der Waals surface area contributed by atoms with Crippen LogP contribution in [0, 0.1) is 6.92 Å². The van der Waals surface area contributed by atoms with Crippen molar-refractivity contribution in [3.05, 3.63) is 89.6 Å². The summed E-state index contributed by atoms with van der Waals surface area (Å²) in [6.07, 6.45) is 3.70. The number of nitrogens with one attached hydrogen (secondary N) is 1. The van der Waals surface area contributed by atoms with Gasteiger partial charge in [-0.05, 0) is 68.7 Å². The van der Waals surface area contributed by atoms with Crippen LogP contribution < -0.4 is 19.9 Å². The van der Waals surface area contributed by atoms with Crippen LogP contribution in [0.25, 0.3) is 5.57 Å². The smallest absolute Gasteiger partial charge is 0.282 e. The Kier molecular flexibility index (Phi) is 6.27. The Labute approximate surface area is 205 Å². The van der Waals surface area contributed by atoms with Gasteiger partial charge in [-0.2, -0.15) is 0 Å². The average Bonchev–Trinajstić information content (AvgIpc) is 3.14. The number of hydrogen-bond acceptors (Lipinski definition) is 5. The van der Waals surface area contributed by atoms with Gasteiger partial charge in [0.05, 0.1) is 18.4 Å². The first-order chi connectivity index (χ1) is 17.1. The van der Waals surface area contributed by atoms with Gasteiger partial charge in [0.2, 0.25) is 0 Å². The van der Waals surface area contributed by atoms with Gasteiger partial charge in [0.15, 0.2) is 0 Å². The minimum Gasteiger partial charge on any atom is -0.496 e. The first-order valence-corrected chi connectivity index (χ1v) is 12.0. The first kappa shape index (κ1) is 22.7. The maximum atomic E-state index is 13.7. The topological polar surface area (TPSA) is 61.9 Å². The number of carbonyl (C=O) groups is 2. The molecule has 35 heavy (non-hydrogen) atoms. The summed E-state index contributed by atoms with van der Waals surface area (Å²) in [7, 11) is 1.56. The molecule has 3 aromatic carbocycles. The first-order valence-electron chi connectivity index (χ1n) is 12.0. The molecule has 1 fully saturated rings. The molecule has 0 atom stereocenters. The van der Waals surface area contributed by atoms with Crippen LogP contribution >= 0.6 is 0 Å². The second-order valence-electron chi connectivity index (χ2n) is 8.95. The normalized spacial score (nSPS) is 16.2. The Bertz CT molecular complexity index is 1270. The number of methoxy groups -OCH3 is 1. The van der Waals surface area contributed by atoms with E-state index in [0.717, 1.165) is 24.3 Å². The number of ether oxygens (including phenoxy) is 1. The van der Waals surface area contributed by atoms with E-state index < -0.39 is 0 Å². The molecule has 178 valence electrons. The van der Waals surface area contributed by atoms with E-state index >= 15 is 0 Å². The zero-order valence-electron chi connectivity index (χ0n) is 20.1. The summed E-state index contributed by atoms with van der Waals surface area (Å²) in [5.74, 6) is -0.232. The summed E-state index contributed by atoms with van der Waals surface area (Å²) in [4.78, 5) is 30.9. The lowest BCUT2D eigenvalue weighted by Gasteiger charge is -2.28. The van der Waals surface area contributed by atoms with Crippen LogP contribution in [-0.2, 0) is 9.59 Å². The van der Waals surface area contributed by atoms with Crippen molar-refractivity contribution in [2.24, 2.45) is 0 Å². The highest BCUT2D eigenvalue weighted by atomic mass is 16.5. The van der Waals surface area contributed by atoms with Gasteiger partial charge in [-0.1, -0.05) is 35.9 Å². The van der Waals surface area contributed by atoms with Crippen LogP contribution in [0.15, 0.2) is 78.5 Å². The maximum Gasteiger partial charge on any atom is 0.282 e. The number of hydrogen-bond donors (Lipinski definition) is 1. The van der Waals surface area contributed by atoms with Crippen molar-refractivity contribution in [3.63, 3.8) is 0 Å². The molecule has 5 rings (SSSR count). The van der Waals surface area contributed by atoms with Gasteiger partial charge in [-0.15, -0.1) is 0 Å². The van der Waals surface area contributed by atoms with Gasteiger partial charge >= 0.3 is 0 Å². The number of para-hydroxylation sites is 1. The highest BCUT2D eigenvalue weighted by molar-refractivity contribution is 6.46. The molecule has 1 saturated heterocycles. The summed E-state index contributed by atoms with van der Waals surface area (Å²) in [6.45, 7) is 4.10. The number of carbonyl (C=O) groups excluding carboxylic acids is 2. The van der Waals surface area contributed by atoms with Crippen molar-refractivity contribution in [3.8, 4) is 5.75 Å². The number of benzene rings is 3. The number of imide groups is 1. The predicted octanol–water partition coefficient (Wildman–Crippen LogP) is 5.39. The van der Waals surface area contributed by atoms with Gasteiger partial charge in [0.1, 0.15) is 11.4 Å². The quantitative estimate of drug-likeness (QED) is 0.493. The van der Waals surface area contributed by atoms with Gasteiger partial charge in [-0.25, -0.2) is 4.90 Å². The van der Waals surface area contributed by atoms with Crippen LogP contribution in [0.3, 0.4) is 0 Å². The van der Waals surface area contributed by atoms with Crippen molar-refractivity contribution in [1.82, 2.24) is 0 Å². The minimum atomic E-state index is -0.389. The molecule has 0 bridgehead atoms. The molecule has 0 unspecified atom stereocenters. The van der Waals surface area contributed by atoms with E-state index in [-0.39, 0.29) is 17.5 Å². The lowest BCUT2D eigenvalue weighted by Crippen LogP contribution is -2.32. The largest absolute Gasteiger partial charge is 0.496 e. The van der Waals surface area contributed by atoms with E-state index in [1.165, 1.54) is 29.8 Å². The molecule has 0 saturated carbocycles. The average molecular weight is 468 g/mol. The van der Waals surface area contributed by atoms with Gasteiger partial charge in [0, 0.05) is 30.0 Å². The number of anilines is 3. The SMILES string of the molecule is COc1ccccc1C1=C(Nc2ccc(N3CCCCC3)cc2)C(=O)N(c2ccc(C)cc2)C1=O. The van der Waals surface area contributed by atoms with Crippen LogP contribution in [-0.4, -0.2) is 32.0 Å². The fourth-order valence-corrected chi connectivity index (χ4v) is 4.73. The third kappa shape index (κ3) is 4.39. The monoisotopic (exact) mass is 467 g/mol. The lowest BCUT2D eigenvalue weighted by molar-refractivity contribution is -0.120.